The predicted molar refractivity (Wildman–Crippen MR) is 88.2 cm³/mol. The zero-order chi connectivity index (χ0) is 17.6. The van der Waals surface area contributed by atoms with Crippen LogP contribution in [0.25, 0.3) is 0 Å². The summed E-state index contributed by atoms with van der Waals surface area (Å²) in [6.07, 6.45) is 7.73. The van der Waals surface area contributed by atoms with Crippen LogP contribution in [0.15, 0.2) is 30.7 Å². The summed E-state index contributed by atoms with van der Waals surface area (Å²) < 4.78 is 5.86. The third kappa shape index (κ3) is 4.20. The van der Waals surface area contributed by atoms with E-state index in [1.807, 2.05) is 0 Å². The van der Waals surface area contributed by atoms with E-state index in [2.05, 4.69) is 26.3 Å². The van der Waals surface area contributed by atoms with Crippen LogP contribution in [0.1, 0.15) is 41.7 Å². The van der Waals surface area contributed by atoms with Gasteiger partial charge in [0.05, 0.1) is 12.4 Å². The van der Waals surface area contributed by atoms with Gasteiger partial charge in [-0.1, -0.05) is 0 Å². The van der Waals surface area contributed by atoms with E-state index in [9.17, 15) is 4.79 Å². The molecule has 2 N–H and O–H groups in total. The lowest BCUT2D eigenvalue weighted by molar-refractivity contribution is 0.0690. The Bertz CT molecular complexity index is 780. The zero-order valence-corrected chi connectivity index (χ0v) is 13.4. The average Bonchev–Trinajstić information content (AvgIpc) is 2.64. The van der Waals surface area contributed by atoms with Gasteiger partial charge in [0.15, 0.2) is 5.69 Å². The molecule has 1 fully saturated rings. The molecule has 1 saturated carbocycles. The van der Waals surface area contributed by atoms with Crippen LogP contribution in [0.2, 0.25) is 0 Å². The Morgan fingerprint density at radius 1 is 1.24 bits per heavy atom. The molecule has 0 unspecified atom stereocenters. The Kier molecular flexibility index (Phi) is 5.04. The van der Waals surface area contributed by atoms with Crippen molar-refractivity contribution in [3.05, 3.63) is 42.0 Å². The average molecular weight is 339 g/mol. The Hall–Kier alpha value is -3.21. The van der Waals surface area contributed by atoms with Crippen LogP contribution in [0.4, 0.5) is 5.82 Å². The van der Waals surface area contributed by atoms with Crippen LogP contribution >= 0.6 is 0 Å². The molecule has 8 heteroatoms. The second-order valence-corrected chi connectivity index (χ2v) is 5.80. The third-order valence-corrected chi connectivity index (χ3v) is 4.07. The number of carboxylic acids is 1. The molecule has 1 aliphatic carbocycles. The molecule has 2 aromatic rings. The van der Waals surface area contributed by atoms with Crippen LogP contribution in [0.5, 0.6) is 5.88 Å². The van der Waals surface area contributed by atoms with Gasteiger partial charge in [-0.15, -0.1) is 0 Å². The predicted octanol–water partition coefficient (Wildman–Crippen LogP) is 2.24. The fraction of sp³-hybridized carbons (Fsp3) is 0.353. The standard InChI is InChI=1S/C17H17N5O3/c18-8-11-2-1-7-19-16(11)25-13-5-3-12(4-6-13)22-15-10-20-14(9-21-15)17(23)24/h1-2,7,9-10,12-13H,3-6H2,(H,21,22)(H,23,24). The highest BCUT2D eigenvalue weighted by molar-refractivity contribution is 5.84. The molecule has 0 aliphatic heterocycles. The lowest BCUT2D eigenvalue weighted by Crippen LogP contribution is -2.31. The molecule has 1 aliphatic rings. The van der Waals surface area contributed by atoms with Gasteiger partial charge in [-0.2, -0.15) is 5.26 Å². The molecule has 3 rings (SSSR count). The summed E-state index contributed by atoms with van der Waals surface area (Å²) in [5, 5.41) is 21.2. The highest BCUT2D eigenvalue weighted by atomic mass is 16.5. The summed E-state index contributed by atoms with van der Waals surface area (Å²) >= 11 is 0. The van der Waals surface area contributed by atoms with E-state index in [-0.39, 0.29) is 17.8 Å². The van der Waals surface area contributed by atoms with Crippen molar-refractivity contribution >= 4 is 11.8 Å². The molecule has 0 amide bonds. The summed E-state index contributed by atoms with van der Waals surface area (Å²) in [7, 11) is 0. The molecular formula is C17H17N5O3. The summed E-state index contributed by atoms with van der Waals surface area (Å²) in [5.41, 5.74) is 0.364. The van der Waals surface area contributed by atoms with Gasteiger partial charge in [0, 0.05) is 12.2 Å². The van der Waals surface area contributed by atoms with Crippen molar-refractivity contribution in [1.82, 2.24) is 15.0 Å². The van der Waals surface area contributed by atoms with Crippen LogP contribution in [0, 0.1) is 11.3 Å². The molecule has 128 valence electrons. The van der Waals surface area contributed by atoms with Gasteiger partial charge in [0.1, 0.15) is 23.6 Å². The first-order valence-electron chi connectivity index (χ1n) is 7.99. The molecule has 0 saturated heterocycles. The monoisotopic (exact) mass is 339 g/mol. The van der Waals surface area contributed by atoms with Crippen molar-refractivity contribution in [1.29, 1.82) is 5.26 Å². The van der Waals surface area contributed by atoms with Gasteiger partial charge in [-0.3, -0.25) is 0 Å². The molecule has 2 aromatic heterocycles. The number of rotatable bonds is 5. The summed E-state index contributed by atoms with van der Waals surface area (Å²) in [6.45, 7) is 0. The maximum Gasteiger partial charge on any atom is 0.356 e. The number of nitriles is 1. The van der Waals surface area contributed by atoms with Gasteiger partial charge in [0.25, 0.3) is 0 Å². The summed E-state index contributed by atoms with van der Waals surface area (Å²) in [5.74, 6) is -0.148. The van der Waals surface area contributed by atoms with Gasteiger partial charge in [-0.25, -0.2) is 19.7 Å². The van der Waals surface area contributed by atoms with Gasteiger partial charge < -0.3 is 15.2 Å². The fourth-order valence-corrected chi connectivity index (χ4v) is 2.77. The molecule has 0 bridgehead atoms. The largest absolute Gasteiger partial charge is 0.476 e. The number of anilines is 1. The topological polar surface area (TPSA) is 121 Å². The normalized spacial score (nSPS) is 19.6. The number of hydrogen-bond donors (Lipinski definition) is 2. The van der Waals surface area contributed by atoms with Crippen LogP contribution in [-0.2, 0) is 0 Å². The number of pyridine rings is 1. The second kappa shape index (κ2) is 7.57. The molecule has 25 heavy (non-hydrogen) atoms. The van der Waals surface area contributed by atoms with E-state index in [4.69, 9.17) is 15.1 Å². The first-order chi connectivity index (χ1) is 12.2. The van der Waals surface area contributed by atoms with E-state index < -0.39 is 5.97 Å². The van der Waals surface area contributed by atoms with E-state index in [0.717, 1.165) is 25.7 Å². The Morgan fingerprint density at radius 2 is 2.04 bits per heavy atom. The number of nitrogens with one attached hydrogen (secondary N) is 1. The van der Waals surface area contributed by atoms with Crippen LogP contribution in [0.3, 0.4) is 0 Å². The minimum Gasteiger partial charge on any atom is -0.476 e. The molecule has 0 spiro atoms. The van der Waals surface area contributed by atoms with Crippen molar-refractivity contribution < 1.29 is 14.6 Å². The number of hydrogen-bond acceptors (Lipinski definition) is 7. The minimum absolute atomic E-state index is 0.0283. The van der Waals surface area contributed by atoms with Crippen LogP contribution in [-0.4, -0.2) is 38.2 Å². The second-order valence-electron chi connectivity index (χ2n) is 5.80. The quantitative estimate of drug-likeness (QED) is 0.850. The molecule has 0 atom stereocenters. The van der Waals surface area contributed by atoms with Crippen LogP contribution < -0.4 is 10.1 Å². The van der Waals surface area contributed by atoms with E-state index in [0.29, 0.717) is 17.3 Å². The van der Waals surface area contributed by atoms with Crippen molar-refractivity contribution in [3.8, 4) is 11.9 Å². The van der Waals surface area contributed by atoms with Crippen molar-refractivity contribution in [2.75, 3.05) is 5.32 Å². The van der Waals surface area contributed by atoms with Crippen molar-refractivity contribution in [2.45, 2.75) is 37.8 Å². The maximum atomic E-state index is 10.8. The Labute approximate surface area is 144 Å². The van der Waals surface area contributed by atoms with E-state index in [1.54, 1.807) is 18.3 Å². The highest BCUT2D eigenvalue weighted by Crippen LogP contribution is 2.26. The number of nitrogens with zero attached hydrogens (tertiary/aromatic N) is 4. The molecule has 0 radical (unpaired) electrons. The molecule has 8 nitrogen and oxygen atoms in total. The lowest BCUT2D eigenvalue weighted by atomic mass is 9.93. The number of ether oxygens (including phenoxy) is 1. The lowest BCUT2D eigenvalue weighted by Gasteiger charge is -2.29. The highest BCUT2D eigenvalue weighted by Gasteiger charge is 2.23. The number of carbonyl (C=O) groups is 1. The smallest absolute Gasteiger partial charge is 0.356 e. The number of aromatic carboxylic acids is 1. The Balaban J connectivity index is 1.52. The van der Waals surface area contributed by atoms with E-state index >= 15 is 0 Å². The molecule has 0 aromatic carbocycles. The van der Waals surface area contributed by atoms with Crippen molar-refractivity contribution in [3.63, 3.8) is 0 Å². The first-order valence-corrected chi connectivity index (χ1v) is 7.99. The van der Waals surface area contributed by atoms with E-state index in [1.165, 1.54) is 12.4 Å². The molecular weight excluding hydrogens is 322 g/mol. The van der Waals surface area contributed by atoms with Gasteiger partial charge in [-0.05, 0) is 37.8 Å². The first kappa shape index (κ1) is 16.6. The summed E-state index contributed by atoms with van der Waals surface area (Å²) in [6, 6.07) is 5.71. The summed E-state index contributed by atoms with van der Waals surface area (Å²) in [4.78, 5) is 22.8. The zero-order valence-electron chi connectivity index (χ0n) is 13.4. The molecule has 2 heterocycles. The third-order valence-electron chi connectivity index (χ3n) is 4.07. The van der Waals surface area contributed by atoms with Gasteiger partial charge in [0.2, 0.25) is 5.88 Å². The van der Waals surface area contributed by atoms with Gasteiger partial charge >= 0.3 is 5.97 Å². The SMILES string of the molecule is N#Cc1cccnc1OC1CCC(Nc2cnc(C(=O)O)cn2)CC1. The number of aromatic nitrogens is 3. The minimum atomic E-state index is -1.09. The maximum absolute atomic E-state index is 10.8. The Morgan fingerprint density at radius 3 is 2.68 bits per heavy atom. The fourth-order valence-electron chi connectivity index (χ4n) is 2.77. The number of carboxylic acid groups (broad SMARTS) is 1. The van der Waals surface area contributed by atoms with Crippen molar-refractivity contribution in [2.24, 2.45) is 0 Å².